The van der Waals surface area contributed by atoms with Crippen molar-refractivity contribution in [1.82, 2.24) is 9.97 Å². The molecule has 0 unspecified atom stereocenters. The SMILES string of the molecule is NCCc1cc(=O)[nH]c(Cc2cccc(Cl)c2F)n1. The Kier molecular flexibility index (Phi) is 4.29. The van der Waals surface area contributed by atoms with E-state index in [0.717, 1.165) is 0 Å². The van der Waals surface area contributed by atoms with E-state index >= 15 is 0 Å². The molecule has 0 atom stereocenters. The van der Waals surface area contributed by atoms with Crippen LogP contribution < -0.4 is 11.3 Å². The van der Waals surface area contributed by atoms with Gasteiger partial charge in [-0.1, -0.05) is 23.7 Å². The number of aromatic amines is 1. The summed E-state index contributed by atoms with van der Waals surface area (Å²) < 4.78 is 13.8. The number of nitrogens with one attached hydrogen (secondary N) is 1. The summed E-state index contributed by atoms with van der Waals surface area (Å²) in [6.45, 7) is 0.404. The van der Waals surface area contributed by atoms with Crippen LogP contribution in [0.4, 0.5) is 4.39 Å². The Morgan fingerprint density at radius 1 is 1.42 bits per heavy atom. The summed E-state index contributed by atoms with van der Waals surface area (Å²) in [5.41, 5.74) is 6.15. The molecule has 1 aromatic carbocycles. The average molecular weight is 282 g/mol. The van der Waals surface area contributed by atoms with E-state index < -0.39 is 5.82 Å². The van der Waals surface area contributed by atoms with Crippen LogP contribution in [0.15, 0.2) is 29.1 Å². The highest BCUT2D eigenvalue weighted by Gasteiger charge is 2.09. The lowest BCUT2D eigenvalue weighted by Gasteiger charge is -2.05. The van der Waals surface area contributed by atoms with Crippen LogP contribution in [0.1, 0.15) is 17.1 Å². The van der Waals surface area contributed by atoms with Crippen LogP contribution >= 0.6 is 11.6 Å². The molecular weight excluding hydrogens is 269 g/mol. The Bertz CT molecular complexity index is 642. The van der Waals surface area contributed by atoms with E-state index in [0.29, 0.717) is 30.0 Å². The van der Waals surface area contributed by atoms with Crippen LogP contribution in [0.5, 0.6) is 0 Å². The van der Waals surface area contributed by atoms with Crippen molar-refractivity contribution in [2.24, 2.45) is 5.73 Å². The molecule has 2 aromatic rings. The van der Waals surface area contributed by atoms with Gasteiger partial charge in [0, 0.05) is 24.6 Å². The van der Waals surface area contributed by atoms with Gasteiger partial charge in [0.2, 0.25) is 0 Å². The van der Waals surface area contributed by atoms with Crippen molar-refractivity contribution in [3.63, 3.8) is 0 Å². The first-order valence-electron chi connectivity index (χ1n) is 5.82. The zero-order valence-electron chi connectivity index (χ0n) is 10.1. The lowest BCUT2D eigenvalue weighted by Crippen LogP contribution is -2.15. The maximum absolute atomic E-state index is 13.8. The van der Waals surface area contributed by atoms with E-state index in [1.54, 1.807) is 12.1 Å². The molecule has 0 spiro atoms. The van der Waals surface area contributed by atoms with E-state index in [4.69, 9.17) is 17.3 Å². The van der Waals surface area contributed by atoms with Gasteiger partial charge in [0.05, 0.1) is 5.02 Å². The van der Waals surface area contributed by atoms with Crippen LogP contribution in [0.2, 0.25) is 5.02 Å². The van der Waals surface area contributed by atoms with Crippen molar-refractivity contribution in [1.29, 1.82) is 0 Å². The van der Waals surface area contributed by atoms with Gasteiger partial charge in [-0.3, -0.25) is 4.79 Å². The van der Waals surface area contributed by atoms with Crippen molar-refractivity contribution >= 4 is 11.6 Å². The van der Waals surface area contributed by atoms with Crippen LogP contribution in [0.25, 0.3) is 0 Å². The summed E-state index contributed by atoms with van der Waals surface area (Å²) in [6, 6.07) is 6.13. The number of hydrogen-bond donors (Lipinski definition) is 2. The summed E-state index contributed by atoms with van der Waals surface area (Å²) in [7, 11) is 0. The minimum Gasteiger partial charge on any atom is -0.330 e. The molecule has 0 bridgehead atoms. The molecule has 0 aliphatic heterocycles. The fourth-order valence-electron chi connectivity index (χ4n) is 1.79. The number of H-pyrrole nitrogens is 1. The first kappa shape index (κ1) is 13.7. The molecule has 0 fully saturated rings. The summed E-state index contributed by atoms with van der Waals surface area (Å²) in [5.74, 6) is -0.0897. The maximum atomic E-state index is 13.8. The van der Waals surface area contributed by atoms with Gasteiger partial charge in [-0.15, -0.1) is 0 Å². The van der Waals surface area contributed by atoms with Gasteiger partial charge in [-0.2, -0.15) is 0 Å². The minimum absolute atomic E-state index is 0.0537. The normalized spacial score (nSPS) is 10.7. The predicted molar refractivity (Wildman–Crippen MR) is 71.8 cm³/mol. The van der Waals surface area contributed by atoms with Crippen LogP contribution in [-0.4, -0.2) is 16.5 Å². The molecule has 3 N–H and O–H groups in total. The molecule has 6 heteroatoms. The van der Waals surface area contributed by atoms with Crippen molar-refractivity contribution < 1.29 is 4.39 Å². The number of benzene rings is 1. The topological polar surface area (TPSA) is 71.8 Å². The first-order chi connectivity index (χ1) is 9.10. The van der Waals surface area contributed by atoms with Crippen molar-refractivity contribution in [3.8, 4) is 0 Å². The highest BCUT2D eigenvalue weighted by Crippen LogP contribution is 2.19. The number of nitrogens with zero attached hydrogens (tertiary/aromatic N) is 1. The van der Waals surface area contributed by atoms with Crippen LogP contribution in [0, 0.1) is 5.82 Å². The van der Waals surface area contributed by atoms with Gasteiger partial charge < -0.3 is 10.7 Å². The number of aromatic nitrogens is 2. The van der Waals surface area contributed by atoms with E-state index in [1.807, 2.05) is 0 Å². The van der Waals surface area contributed by atoms with Gasteiger partial charge in [0.1, 0.15) is 11.6 Å². The molecule has 2 rings (SSSR count). The van der Waals surface area contributed by atoms with Crippen LogP contribution in [0.3, 0.4) is 0 Å². The highest BCUT2D eigenvalue weighted by molar-refractivity contribution is 6.30. The second kappa shape index (κ2) is 5.95. The van der Waals surface area contributed by atoms with E-state index in [-0.39, 0.29) is 17.0 Å². The number of hydrogen-bond acceptors (Lipinski definition) is 3. The lowest BCUT2D eigenvalue weighted by molar-refractivity contribution is 0.612. The molecule has 0 aliphatic carbocycles. The molecule has 0 amide bonds. The molecule has 1 heterocycles. The zero-order valence-corrected chi connectivity index (χ0v) is 10.9. The highest BCUT2D eigenvalue weighted by atomic mass is 35.5. The maximum Gasteiger partial charge on any atom is 0.251 e. The molecule has 1 aromatic heterocycles. The molecule has 0 aliphatic rings. The molecule has 4 nitrogen and oxygen atoms in total. The third-order valence-electron chi connectivity index (χ3n) is 2.63. The Hall–Kier alpha value is -1.72. The van der Waals surface area contributed by atoms with Gasteiger partial charge in [-0.25, -0.2) is 9.37 Å². The summed E-state index contributed by atoms with van der Waals surface area (Å²) in [4.78, 5) is 18.3. The minimum atomic E-state index is -0.490. The van der Waals surface area contributed by atoms with E-state index in [1.165, 1.54) is 12.1 Å². The molecule has 0 saturated carbocycles. The van der Waals surface area contributed by atoms with Gasteiger partial charge >= 0.3 is 0 Å². The van der Waals surface area contributed by atoms with Crippen LogP contribution in [-0.2, 0) is 12.8 Å². The third-order valence-corrected chi connectivity index (χ3v) is 2.93. The first-order valence-corrected chi connectivity index (χ1v) is 6.20. The smallest absolute Gasteiger partial charge is 0.251 e. The molecule has 0 saturated heterocycles. The van der Waals surface area contributed by atoms with E-state index in [2.05, 4.69) is 9.97 Å². The average Bonchev–Trinajstić information content (AvgIpc) is 2.35. The monoisotopic (exact) mass is 281 g/mol. The largest absolute Gasteiger partial charge is 0.330 e. The quantitative estimate of drug-likeness (QED) is 0.895. The Morgan fingerprint density at radius 2 is 2.21 bits per heavy atom. The van der Waals surface area contributed by atoms with E-state index in [9.17, 15) is 9.18 Å². The van der Waals surface area contributed by atoms with Crippen molar-refractivity contribution in [2.45, 2.75) is 12.8 Å². The standard InChI is InChI=1S/C13H13ClFN3O/c14-10-3-1-2-8(13(10)15)6-11-17-9(4-5-16)7-12(19)18-11/h1-3,7H,4-6,16H2,(H,17,18,19). The fraction of sp³-hybridized carbons (Fsp3) is 0.231. The van der Waals surface area contributed by atoms with Gasteiger partial charge in [0.15, 0.2) is 0 Å². The summed E-state index contributed by atoms with van der Waals surface area (Å²) in [5, 5.41) is 0.0537. The van der Waals surface area contributed by atoms with Crippen molar-refractivity contribution in [2.75, 3.05) is 6.54 Å². The zero-order chi connectivity index (χ0) is 13.8. The van der Waals surface area contributed by atoms with Gasteiger partial charge in [-0.05, 0) is 18.2 Å². The summed E-state index contributed by atoms with van der Waals surface area (Å²) >= 11 is 5.71. The Labute approximate surface area is 114 Å². The number of rotatable bonds is 4. The van der Waals surface area contributed by atoms with Gasteiger partial charge in [0.25, 0.3) is 5.56 Å². The molecule has 19 heavy (non-hydrogen) atoms. The lowest BCUT2D eigenvalue weighted by atomic mass is 10.1. The molecule has 100 valence electrons. The fourth-order valence-corrected chi connectivity index (χ4v) is 1.98. The summed E-state index contributed by atoms with van der Waals surface area (Å²) in [6.07, 6.45) is 0.689. The van der Waals surface area contributed by atoms with Crippen molar-refractivity contribution in [3.05, 3.63) is 62.5 Å². The molecular formula is C13H13ClFN3O. The second-order valence-corrected chi connectivity index (χ2v) is 4.52. The second-order valence-electron chi connectivity index (χ2n) is 4.11. The Morgan fingerprint density at radius 3 is 2.95 bits per heavy atom. The number of halogens is 2. The Balaban J connectivity index is 2.32. The predicted octanol–water partition coefficient (Wildman–Crippen LogP) is 1.65. The third kappa shape index (κ3) is 3.39. The molecule has 0 radical (unpaired) electrons. The number of nitrogens with two attached hydrogens (primary N) is 1.